The van der Waals surface area contributed by atoms with Crippen molar-refractivity contribution in [3.8, 4) is 11.4 Å². The van der Waals surface area contributed by atoms with Crippen LogP contribution in [0.5, 0.6) is 0 Å². The Hall–Kier alpha value is -3.31. The predicted octanol–water partition coefficient (Wildman–Crippen LogP) is 4.43. The number of carbonyl (C=O) groups is 1. The standard InChI is InChI=1S/C21H19BrN6O3S/c1-14(2)12-27-20(15-7-9-17(22)10-8-15)25-26-21(27)32-13-19(29)24-23-11-16-5-3-4-6-18(16)28(30)31/h3-11H,1,12-13H2,2H3,(H,24,29)/b23-11-. The summed E-state index contributed by atoms with van der Waals surface area (Å²) in [5.74, 6) is 0.348. The molecule has 9 nitrogen and oxygen atoms in total. The van der Waals surface area contributed by atoms with Crippen molar-refractivity contribution in [2.45, 2.75) is 18.6 Å². The van der Waals surface area contributed by atoms with E-state index in [9.17, 15) is 14.9 Å². The smallest absolute Gasteiger partial charge is 0.278 e. The summed E-state index contributed by atoms with van der Waals surface area (Å²) in [4.78, 5) is 22.7. The molecule has 2 aromatic carbocycles. The Bertz CT molecular complexity index is 1180. The van der Waals surface area contributed by atoms with E-state index in [1.807, 2.05) is 35.8 Å². The average Bonchev–Trinajstić information content (AvgIpc) is 3.14. The molecule has 0 aliphatic carbocycles. The first kappa shape index (κ1) is 23.4. The fraction of sp³-hybridized carbons (Fsp3) is 0.143. The molecule has 0 unspecified atom stereocenters. The van der Waals surface area contributed by atoms with E-state index in [0.717, 1.165) is 15.6 Å². The van der Waals surface area contributed by atoms with Gasteiger partial charge in [-0.05, 0) is 25.1 Å². The van der Waals surface area contributed by atoms with Gasteiger partial charge < -0.3 is 0 Å². The molecule has 164 valence electrons. The maximum absolute atomic E-state index is 12.2. The van der Waals surface area contributed by atoms with Gasteiger partial charge in [-0.1, -0.05) is 64.1 Å². The van der Waals surface area contributed by atoms with Crippen LogP contribution in [0.2, 0.25) is 0 Å². The number of thioether (sulfide) groups is 1. The molecule has 0 spiro atoms. The number of carbonyl (C=O) groups excluding carboxylic acids is 1. The van der Waals surface area contributed by atoms with Gasteiger partial charge >= 0.3 is 0 Å². The van der Waals surface area contributed by atoms with E-state index in [1.54, 1.807) is 18.2 Å². The van der Waals surface area contributed by atoms with E-state index in [2.05, 4.69) is 43.2 Å². The molecule has 0 saturated carbocycles. The second-order valence-electron chi connectivity index (χ2n) is 6.75. The van der Waals surface area contributed by atoms with Crippen molar-refractivity contribution in [3.05, 3.63) is 80.8 Å². The molecule has 1 heterocycles. The summed E-state index contributed by atoms with van der Waals surface area (Å²) in [7, 11) is 0. The van der Waals surface area contributed by atoms with Crippen LogP contribution in [0.3, 0.4) is 0 Å². The van der Waals surface area contributed by atoms with Crippen LogP contribution in [0.4, 0.5) is 5.69 Å². The maximum atomic E-state index is 12.2. The molecular weight excluding hydrogens is 496 g/mol. The zero-order valence-electron chi connectivity index (χ0n) is 17.1. The van der Waals surface area contributed by atoms with E-state index < -0.39 is 4.92 Å². The van der Waals surface area contributed by atoms with E-state index >= 15 is 0 Å². The summed E-state index contributed by atoms with van der Waals surface area (Å²) >= 11 is 4.63. The fourth-order valence-corrected chi connectivity index (χ4v) is 3.71. The van der Waals surface area contributed by atoms with Crippen molar-refractivity contribution < 1.29 is 9.72 Å². The van der Waals surface area contributed by atoms with E-state index in [4.69, 9.17) is 0 Å². The van der Waals surface area contributed by atoms with Gasteiger partial charge in [0.25, 0.3) is 11.6 Å². The van der Waals surface area contributed by atoms with Crippen molar-refractivity contribution in [2.24, 2.45) is 5.10 Å². The number of nitro benzene ring substituents is 1. The van der Waals surface area contributed by atoms with Gasteiger partial charge in [-0.15, -0.1) is 10.2 Å². The lowest BCUT2D eigenvalue weighted by Gasteiger charge is -2.10. The van der Waals surface area contributed by atoms with Gasteiger partial charge in [-0.2, -0.15) is 5.10 Å². The first-order valence-electron chi connectivity index (χ1n) is 9.37. The van der Waals surface area contributed by atoms with Gasteiger partial charge in [0.15, 0.2) is 11.0 Å². The minimum Gasteiger partial charge on any atom is -0.298 e. The molecule has 0 fully saturated rings. The van der Waals surface area contributed by atoms with Gasteiger partial charge in [0.2, 0.25) is 0 Å². The first-order chi connectivity index (χ1) is 15.3. The number of halogens is 1. The van der Waals surface area contributed by atoms with Crippen LogP contribution < -0.4 is 5.43 Å². The zero-order valence-corrected chi connectivity index (χ0v) is 19.5. The van der Waals surface area contributed by atoms with E-state index in [0.29, 0.717) is 23.1 Å². The lowest BCUT2D eigenvalue weighted by atomic mass is 10.2. The van der Waals surface area contributed by atoms with Crippen LogP contribution >= 0.6 is 27.7 Å². The van der Waals surface area contributed by atoms with Crippen LogP contribution in [0.25, 0.3) is 11.4 Å². The Morgan fingerprint density at radius 2 is 2.00 bits per heavy atom. The van der Waals surface area contributed by atoms with Gasteiger partial charge in [0, 0.05) is 22.6 Å². The molecule has 11 heteroatoms. The number of para-hydroxylation sites is 1. The molecule has 0 aliphatic rings. The Kier molecular flexibility index (Phi) is 7.90. The number of rotatable bonds is 9. The van der Waals surface area contributed by atoms with Crippen molar-refractivity contribution in [3.63, 3.8) is 0 Å². The molecule has 1 amide bonds. The first-order valence-corrected chi connectivity index (χ1v) is 11.1. The molecule has 0 saturated heterocycles. The van der Waals surface area contributed by atoms with Crippen LogP contribution in [0.15, 0.2) is 75.4 Å². The molecular formula is C21H19BrN6O3S. The van der Waals surface area contributed by atoms with Gasteiger partial charge in [0.05, 0.1) is 22.5 Å². The van der Waals surface area contributed by atoms with Gasteiger partial charge in [-0.3, -0.25) is 19.5 Å². The molecule has 3 aromatic rings. The number of hydrogen-bond donors (Lipinski definition) is 1. The predicted molar refractivity (Wildman–Crippen MR) is 128 cm³/mol. The number of benzene rings is 2. The van der Waals surface area contributed by atoms with Crippen LogP contribution in [0.1, 0.15) is 12.5 Å². The Morgan fingerprint density at radius 1 is 1.28 bits per heavy atom. The van der Waals surface area contributed by atoms with Crippen molar-refractivity contribution in [1.82, 2.24) is 20.2 Å². The number of hydrogen-bond acceptors (Lipinski definition) is 7. The largest absolute Gasteiger partial charge is 0.298 e. The highest BCUT2D eigenvalue weighted by Crippen LogP contribution is 2.26. The SMILES string of the molecule is C=C(C)Cn1c(SCC(=O)N/N=C\c2ccccc2[N+](=O)[O-])nnc1-c1ccc(Br)cc1. The molecule has 0 atom stereocenters. The van der Waals surface area contributed by atoms with Crippen molar-refractivity contribution >= 4 is 45.5 Å². The average molecular weight is 515 g/mol. The molecule has 0 radical (unpaired) electrons. The number of amides is 1. The minimum absolute atomic E-state index is 0.0445. The number of nitro groups is 1. The number of nitrogens with one attached hydrogen (secondary N) is 1. The van der Waals surface area contributed by atoms with E-state index in [-0.39, 0.29) is 17.3 Å². The highest BCUT2D eigenvalue weighted by molar-refractivity contribution is 9.10. The quantitative estimate of drug-likeness (QED) is 0.148. The maximum Gasteiger partial charge on any atom is 0.278 e. The summed E-state index contributed by atoms with van der Waals surface area (Å²) in [6.07, 6.45) is 1.25. The van der Waals surface area contributed by atoms with Crippen molar-refractivity contribution in [1.29, 1.82) is 0 Å². The van der Waals surface area contributed by atoms with Gasteiger partial charge in [-0.25, -0.2) is 5.43 Å². The molecule has 3 rings (SSSR count). The molecule has 1 aromatic heterocycles. The van der Waals surface area contributed by atoms with Crippen LogP contribution in [0, 0.1) is 10.1 Å². The summed E-state index contributed by atoms with van der Waals surface area (Å²) in [5.41, 5.74) is 4.40. The van der Waals surface area contributed by atoms with Crippen molar-refractivity contribution in [2.75, 3.05) is 5.75 Å². The summed E-state index contributed by atoms with van der Waals surface area (Å²) < 4.78 is 2.86. The summed E-state index contributed by atoms with van der Waals surface area (Å²) in [6, 6.07) is 13.8. The molecule has 32 heavy (non-hydrogen) atoms. The molecule has 0 aliphatic heterocycles. The normalized spacial score (nSPS) is 10.9. The Balaban J connectivity index is 1.67. The van der Waals surface area contributed by atoms with Crippen LogP contribution in [-0.4, -0.2) is 37.6 Å². The zero-order chi connectivity index (χ0) is 23.1. The molecule has 0 bridgehead atoms. The van der Waals surface area contributed by atoms with E-state index in [1.165, 1.54) is 24.0 Å². The topological polar surface area (TPSA) is 115 Å². The molecule has 1 N–H and O–H groups in total. The highest BCUT2D eigenvalue weighted by Gasteiger charge is 2.16. The monoisotopic (exact) mass is 514 g/mol. The number of aromatic nitrogens is 3. The van der Waals surface area contributed by atoms with Crippen LogP contribution in [-0.2, 0) is 11.3 Å². The third-order valence-electron chi connectivity index (χ3n) is 4.11. The van der Waals surface area contributed by atoms with Gasteiger partial charge in [0.1, 0.15) is 0 Å². The summed E-state index contributed by atoms with van der Waals surface area (Å²) in [5, 5.41) is 23.9. The minimum atomic E-state index is -0.504. The lowest BCUT2D eigenvalue weighted by molar-refractivity contribution is -0.385. The Labute approximate surface area is 196 Å². The fourth-order valence-electron chi connectivity index (χ4n) is 2.72. The lowest BCUT2D eigenvalue weighted by Crippen LogP contribution is -2.20. The third kappa shape index (κ3) is 6.11. The number of hydrazone groups is 1. The number of allylic oxidation sites excluding steroid dienone is 1. The summed E-state index contributed by atoms with van der Waals surface area (Å²) in [6.45, 7) is 6.38. The Morgan fingerprint density at radius 3 is 2.69 bits per heavy atom. The third-order valence-corrected chi connectivity index (χ3v) is 5.60. The second-order valence-corrected chi connectivity index (χ2v) is 8.61. The highest BCUT2D eigenvalue weighted by atomic mass is 79.9. The number of nitrogens with zero attached hydrogens (tertiary/aromatic N) is 5. The second kappa shape index (κ2) is 10.8.